The Labute approximate surface area is 133 Å². The fourth-order valence-corrected chi connectivity index (χ4v) is 4.54. The normalized spacial score (nSPS) is 32.6. The van der Waals surface area contributed by atoms with E-state index in [9.17, 15) is 9.59 Å². The number of nitrogens with zero attached hydrogens (tertiary/aromatic N) is 2. The predicted molar refractivity (Wildman–Crippen MR) is 85.4 cm³/mol. The maximum absolute atomic E-state index is 12.6. The molecule has 3 heterocycles. The lowest BCUT2D eigenvalue weighted by atomic mass is 9.81. The summed E-state index contributed by atoms with van der Waals surface area (Å²) >= 11 is 0. The van der Waals surface area contributed by atoms with E-state index in [1.807, 2.05) is 0 Å². The van der Waals surface area contributed by atoms with Gasteiger partial charge in [-0.05, 0) is 44.9 Å². The van der Waals surface area contributed by atoms with Gasteiger partial charge in [-0.2, -0.15) is 0 Å². The molecule has 1 N–H and O–H groups in total. The van der Waals surface area contributed by atoms with Crippen molar-refractivity contribution in [3.8, 4) is 0 Å². The van der Waals surface area contributed by atoms with E-state index in [-0.39, 0.29) is 5.91 Å². The van der Waals surface area contributed by atoms with Crippen molar-refractivity contribution in [1.82, 2.24) is 15.1 Å². The third-order valence-corrected chi connectivity index (χ3v) is 5.56. The van der Waals surface area contributed by atoms with Crippen molar-refractivity contribution < 1.29 is 9.59 Å². The van der Waals surface area contributed by atoms with Crippen LogP contribution in [-0.2, 0) is 9.59 Å². The van der Waals surface area contributed by atoms with Crippen LogP contribution >= 0.6 is 0 Å². The lowest BCUT2D eigenvalue weighted by Gasteiger charge is -2.49. The van der Waals surface area contributed by atoms with Crippen molar-refractivity contribution in [2.45, 2.75) is 76.4 Å². The van der Waals surface area contributed by atoms with E-state index >= 15 is 0 Å². The van der Waals surface area contributed by atoms with Crippen LogP contribution in [0.25, 0.3) is 0 Å². The second kappa shape index (κ2) is 6.99. The number of carbonyl (C=O) groups is 2. The van der Waals surface area contributed by atoms with Crippen LogP contribution in [0.2, 0.25) is 0 Å². The molecule has 5 heteroatoms. The first-order valence-electron chi connectivity index (χ1n) is 8.94. The molecule has 2 atom stereocenters. The Morgan fingerprint density at radius 3 is 2.23 bits per heavy atom. The third kappa shape index (κ3) is 3.62. The Morgan fingerprint density at radius 1 is 1.00 bits per heavy atom. The number of nitrogens with one attached hydrogen (secondary N) is 1. The summed E-state index contributed by atoms with van der Waals surface area (Å²) in [6.45, 7) is 4.07. The van der Waals surface area contributed by atoms with Crippen molar-refractivity contribution in [3.63, 3.8) is 0 Å². The molecule has 3 rings (SSSR count). The van der Waals surface area contributed by atoms with E-state index < -0.39 is 0 Å². The molecule has 3 aliphatic heterocycles. The van der Waals surface area contributed by atoms with Crippen LogP contribution in [0.1, 0.15) is 58.3 Å². The molecule has 0 spiro atoms. The standard InChI is InChI=1S/C17H29N3O2/c1-13(21)18-14-10-15-6-5-7-16(11-14)20(15)12-17(22)19-8-3-2-4-9-19/h14-16H,2-12H2,1H3,(H,18,21). The molecule has 2 bridgehead atoms. The zero-order valence-corrected chi connectivity index (χ0v) is 13.7. The second-order valence-electron chi connectivity index (χ2n) is 7.22. The summed E-state index contributed by atoms with van der Waals surface area (Å²) in [5, 5.41) is 3.09. The van der Waals surface area contributed by atoms with Gasteiger partial charge in [0, 0.05) is 38.1 Å². The summed E-state index contributed by atoms with van der Waals surface area (Å²) in [4.78, 5) is 28.4. The molecular weight excluding hydrogens is 278 g/mol. The van der Waals surface area contributed by atoms with Crippen LogP contribution in [0.4, 0.5) is 0 Å². The van der Waals surface area contributed by atoms with Crippen LogP contribution in [0.15, 0.2) is 0 Å². The highest BCUT2D eigenvalue weighted by Gasteiger charge is 2.39. The number of hydrogen-bond acceptors (Lipinski definition) is 3. The van der Waals surface area contributed by atoms with E-state index in [0.29, 0.717) is 30.6 Å². The van der Waals surface area contributed by atoms with Gasteiger partial charge >= 0.3 is 0 Å². The smallest absolute Gasteiger partial charge is 0.236 e. The maximum atomic E-state index is 12.6. The number of hydrogen-bond donors (Lipinski definition) is 1. The van der Waals surface area contributed by atoms with Gasteiger partial charge in [0.15, 0.2) is 0 Å². The van der Waals surface area contributed by atoms with Gasteiger partial charge in [0.1, 0.15) is 0 Å². The van der Waals surface area contributed by atoms with E-state index in [0.717, 1.165) is 38.8 Å². The van der Waals surface area contributed by atoms with Gasteiger partial charge in [0.05, 0.1) is 6.54 Å². The average molecular weight is 307 g/mol. The molecule has 22 heavy (non-hydrogen) atoms. The van der Waals surface area contributed by atoms with Gasteiger partial charge in [-0.1, -0.05) is 6.42 Å². The maximum Gasteiger partial charge on any atom is 0.236 e. The molecule has 0 aromatic heterocycles. The molecule has 2 amide bonds. The molecule has 5 nitrogen and oxygen atoms in total. The van der Waals surface area contributed by atoms with Crippen LogP contribution in [0.5, 0.6) is 0 Å². The number of amides is 2. The molecule has 124 valence electrons. The van der Waals surface area contributed by atoms with Crippen LogP contribution < -0.4 is 5.32 Å². The summed E-state index contributed by atoms with van der Waals surface area (Å²) in [5.41, 5.74) is 0. The summed E-state index contributed by atoms with van der Waals surface area (Å²) in [6.07, 6.45) is 9.17. The number of piperidine rings is 3. The van der Waals surface area contributed by atoms with E-state index in [4.69, 9.17) is 0 Å². The molecule has 3 saturated heterocycles. The molecule has 2 unspecified atom stereocenters. The minimum Gasteiger partial charge on any atom is -0.353 e. The largest absolute Gasteiger partial charge is 0.353 e. The Hall–Kier alpha value is -1.10. The van der Waals surface area contributed by atoms with Crippen LogP contribution in [0.3, 0.4) is 0 Å². The van der Waals surface area contributed by atoms with Gasteiger partial charge in [-0.25, -0.2) is 0 Å². The summed E-state index contributed by atoms with van der Waals surface area (Å²) in [6, 6.07) is 1.24. The lowest BCUT2D eigenvalue weighted by Crippen LogP contribution is -2.59. The quantitative estimate of drug-likeness (QED) is 0.860. The van der Waals surface area contributed by atoms with E-state index in [1.165, 1.54) is 25.7 Å². The fourth-order valence-electron chi connectivity index (χ4n) is 4.54. The minimum absolute atomic E-state index is 0.0703. The first kappa shape index (κ1) is 15.8. The Morgan fingerprint density at radius 2 is 1.64 bits per heavy atom. The van der Waals surface area contributed by atoms with Gasteiger partial charge in [0.2, 0.25) is 11.8 Å². The molecule has 0 radical (unpaired) electrons. The van der Waals surface area contributed by atoms with Crippen molar-refractivity contribution in [1.29, 1.82) is 0 Å². The molecule has 0 aromatic carbocycles. The second-order valence-corrected chi connectivity index (χ2v) is 7.22. The number of likely N-dealkylation sites (tertiary alicyclic amines) is 1. The van der Waals surface area contributed by atoms with Crippen LogP contribution in [-0.4, -0.2) is 59.4 Å². The predicted octanol–water partition coefficient (Wildman–Crippen LogP) is 1.52. The highest BCUT2D eigenvalue weighted by atomic mass is 16.2. The summed E-state index contributed by atoms with van der Waals surface area (Å²) in [5.74, 6) is 0.385. The first-order chi connectivity index (χ1) is 10.6. The summed E-state index contributed by atoms with van der Waals surface area (Å²) in [7, 11) is 0. The van der Waals surface area contributed by atoms with E-state index in [1.54, 1.807) is 6.92 Å². The van der Waals surface area contributed by atoms with Crippen LogP contribution in [0, 0.1) is 0 Å². The molecule has 0 aliphatic carbocycles. The zero-order chi connectivity index (χ0) is 15.5. The van der Waals surface area contributed by atoms with Gasteiger partial charge < -0.3 is 10.2 Å². The average Bonchev–Trinajstić information content (AvgIpc) is 2.48. The number of rotatable bonds is 3. The van der Waals surface area contributed by atoms with Crippen molar-refractivity contribution >= 4 is 11.8 Å². The monoisotopic (exact) mass is 307 g/mol. The first-order valence-corrected chi connectivity index (χ1v) is 8.94. The van der Waals surface area contributed by atoms with E-state index in [2.05, 4.69) is 15.1 Å². The summed E-state index contributed by atoms with van der Waals surface area (Å²) < 4.78 is 0. The topological polar surface area (TPSA) is 52.7 Å². The SMILES string of the molecule is CC(=O)NC1CC2CCCC(C1)N2CC(=O)N1CCCCC1. The minimum atomic E-state index is 0.0703. The zero-order valence-electron chi connectivity index (χ0n) is 13.7. The molecule has 0 saturated carbocycles. The van der Waals surface area contributed by atoms with Crippen molar-refractivity contribution in [2.24, 2.45) is 0 Å². The van der Waals surface area contributed by atoms with Gasteiger partial charge in [-0.3, -0.25) is 14.5 Å². The lowest BCUT2D eigenvalue weighted by molar-refractivity contribution is -0.136. The molecule has 3 aliphatic rings. The Balaban J connectivity index is 1.59. The van der Waals surface area contributed by atoms with Crippen molar-refractivity contribution in [3.05, 3.63) is 0 Å². The van der Waals surface area contributed by atoms with Gasteiger partial charge in [-0.15, -0.1) is 0 Å². The number of carbonyl (C=O) groups excluding carboxylic acids is 2. The van der Waals surface area contributed by atoms with Crippen molar-refractivity contribution in [2.75, 3.05) is 19.6 Å². The van der Waals surface area contributed by atoms with Gasteiger partial charge in [0.25, 0.3) is 0 Å². The molecular formula is C17H29N3O2. The Kier molecular flexibility index (Phi) is 5.01. The molecule has 3 fully saturated rings. The Bertz CT molecular complexity index is 406. The highest BCUT2D eigenvalue weighted by molar-refractivity contribution is 5.78. The molecule has 0 aromatic rings. The highest BCUT2D eigenvalue weighted by Crippen LogP contribution is 2.34. The fraction of sp³-hybridized carbons (Fsp3) is 0.882. The number of fused-ring (bicyclic) bond motifs is 2. The third-order valence-electron chi connectivity index (χ3n) is 5.56.